The van der Waals surface area contributed by atoms with Gasteiger partial charge in [-0.2, -0.15) is 0 Å². The van der Waals surface area contributed by atoms with Crippen molar-refractivity contribution in [2.75, 3.05) is 13.2 Å². The molecule has 0 saturated carbocycles. The van der Waals surface area contributed by atoms with E-state index in [4.69, 9.17) is 4.74 Å². The molecule has 3 heteroatoms. The van der Waals surface area contributed by atoms with E-state index in [9.17, 15) is 9.90 Å². The Labute approximate surface area is 181 Å². The lowest BCUT2D eigenvalue weighted by molar-refractivity contribution is -0.145. The number of esters is 1. The van der Waals surface area contributed by atoms with E-state index < -0.39 is 0 Å². The Morgan fingerprint density at radius 1 is 0.862 bits per heavy atom. The fourth-order valence-corrected chi connectivity index (χ4v) is 3.71. The molecule has 0 aliphatic rings. The smallest absolute Gasteiger partial charge is 0.305 e. The Hall–Kier alpha value is -0.830. The van der Waals surface area contributed by atoms with Crippen LogP contribution in [0.2, 0.25) is 0 Å². The molecule has 2 atom stereocenters. The van der Waals surface area contributed by atoms with Gasteiger partial charge in [0.15, 0.2) is 0 Å². The third-order valence-electron chi connectivity index (χ3n) is 5.83. The van der Waals surface area contributed by atoms with Gasteiger partial charge in [-0.05, 0) is 43.9 Å². The zero-order chi connectivity index (χ0) is 21.6. The number of hydrogen-bond acceptors (Lipinski definition) is 3. The van der Waals surface area contributed by atoms with Gasteiger partial charge in [0.2, 0.25) is 0 Å². The molecule has 172 valence electrons. The molecule has 0 rings (SSSR count). The first-order chi connectivity index (χ1) is 14.2. The number of carbonyl (C=O) groups is 1. The highest BCUT2D eigenvalue weighted by molar-refractivity contribution is 5.69. The van der Waals surface area contributed by atoms with E-state index >= 15 is 0 Å². The Balaban J connectivity index is 3.60. The number of ether oxygens (including phenoxy) is 1. The van der Waals surface area contributed by atoms with Crippen LogP contribution in [0, 0.1) is 11.8 Å². The number of carbonyl (C=O) groups excluding carboxylic acids is 1. The monoisotopic (exact) mass is 410 g/mol. The minimum atomic E-state index is -0.0280. The first-order valence-electron chi connectivity index (χ1n) is 12.6. The van der Waals surface area contributed by atoms with Gasteiger partial charge in [0.1, 0.15) is 0 Å². The normalized spacial score (nSPS) is 13.7. The zero-order valence-corrected chi connectivity index (χ0v) is 19.8. The average Bonchev–Trinajstić information content (AvgIpc) is 2.73. The van der Waals surface area contributed by atoms with Crippen LogP contribution in [0.15, 0.2) is 12.2 Å². The van der Waals surface area contributed by atoms with Gasteiger partial charge in [0, 0.05) is 13.0 Å². The van der Waals surface area contributed by atoms with Gasteiger partial charge in [0.05, 0.1) is 6.61 Å². The topological polar surface area (TPSA) is 46.5 Å². The van der Waals surface area contributed by atoms with E-state index in [1.54, 1.807) is 0 Å². The SMILES string of the molecule is CCCCCCC/C=C/C(CO)CCCCCCCC(=O)OCC(CC)CCC. The van der Waals surface area contributed by atoms with Crippen molar-refractivity contribution in [2.45, 2.75) is 124 Å². The lowest BCUT2D eigenvalue weighted by Crippen LogP contribution is -2.13. The highest BCUT2D eigenvalue weighted by Gasteiger charge is 2.09. The summed E-state index contributed by atoms with van der Waals surface area (Å²) >= 11 is 0. The first kappa shape index (κ1) is 28.2. The number of unbranched alkanes of at least 4 members (excludes halogenated alkanes) is 9. The Morgan fingerprint density at radius 3 is 2.24 bits per heavy atom. The predicted molar refractivity (Wildman–Crippen MR) is 125 cm³/mol. The Bertz CT molecular complexity index is 378. The molecule has 2 unspecified atom stereocenters. The van der Waals surface area contributed by atoms with Crippen LogP contribution in [0.5, 0.6) is 0 Å². The molecule has 0 amide bonds. The Kier molecular flexibility index (Phi) is 21.2. The van der Waals surface area contributed by atoms with Crippen molar-refractivity contribution >= 4 is 5.97 Å². The highest BCUT2D eigenvalue weighted by Crippen LogP contribution is 2.15. The van der Waals surface area contributed by atoms with Gasteiger partial charge in [-0.25, -0.2) is 0 Å². The predicted octanol–water partition coefficient (Wildman–Crippen LogP) is 7.61. The minimum Gasteiger partial charge on any atom is -0.465 e. The summed E-state index contributed by atoms with van der Waals surface area (Å²) in [6.07, 6.45) is 22.8. The summed E-state index contributed by atoms with van der Waals surface area (Å²) in [5.74, 6) is 0.813. The van der Waals surface area contributed by atoms with Crippen LogP contribution in [0.25, 0.3) is 0 Å². The lowest BCUT2D eigenvalue weighted by atomic mass is 9.99. The van der Waals surface area contributed by atoms with Crippen molar-refractivity contribution in [3.8, 4) is 0 Å². The van der Waals surface area contributed by atoms with Gasteiger partial charge in [0.25, 0.3) is 0 Å². The second-order valence-electron chi connectivity index (χ2n) is 8.63. The molecule has 1 N–H and O–H groups in total. The van der Waals surface area contributed by atoms with Crippen molar-refractivity contribution in [3.63, 3.8) is 0 Å². The molecule has 0 aliphatic carbocycles. The van der Waals surface area contributed by atoms with Gasteiger partial charge in [-0.3, -0.25) is 4.79 Å². The number of rotatable bonds is 21. The van der Waals surface area contributed by atoms with E-state index in [0.29, 0.717) is 24.9 Å². The molecule has 0 fully saturated rings. The summed E-state index contributed by atoms with van der Waals surface area (Å²) < 4.78 is 5.42. The van der Waals surface area contributed by atoms with Crippen LogP contribution >= 0.6 is 0 Å². The molecule has 0 saturated heterocycles. The third kappa shape index (κ3) is 18.9. The van der Waals surface area contributed by atoms with Gasteiger partial charge in [-0.15, -0.1) is 0 Å². The molecule has 0 spiro atoms. The summed E-state index contributed by atoms with van der Waals surface area (Å²) in [5, 5.41) is 9.54. The number of allylic oxidation sites excluding steroid dienone is 1. The summed E-state index contributed by atoms with van der Waals surface area (Å²) in [5.41, 5.74) is 0. The van der Waals surface area contributed by atoms with Crippen LogP contribution in [0.3, 0.4) is 0 Å². The molecule has 3 nitrogen and oxygen atoms in total. The van der Waals surface area contributed by atoms with E-state index in [2.05, 4.69) is 32.9 Å². The molecule has 0 radical (unpaired) electrons. The van der Waals surface area contributed by atoms with Crippen LogP contribution in [-0.2, 0) is 9.53 Å². The van der Waals surface area contributed by atoms with Crippen LogP contribution in [-0.4, -0.2) is 24.3 Å². The number of hydrogen-bond donors (Lipinski definition) is 1. The summed E-state index contributed by atoms with van der Waals surface area (Å²) in [7, 11) is 0. The van der Waals surface area contributed by atoms with Crippen molar-refractivity contribution in [3.05, 3.63) is 12.2 Å². The summed E-state index contributed by atoms with van der Waals surface area (Å²) in [6.45, 7) is 7.45. The van der Waals surface area contributed by atoms with Crippen molar-refractivity contribution < 1.29 is 14.6 Å². The average molecular weight is 411 g/mol. The van der Waals surface area contributed by atoms with Crippen LogP contribution in [0.4, 0.5) is 0 Å². The maximum absolute atomic E-state index is 11.8. The summed E-state index contributed by atoms with van der Waals surface area (Å²) in [6, 6.07) is 0. The minimum absolute atomic E-state index is 0.0280. The maximum atomic E-state index is 11.8. The standard InChI is InChI=1S/C26H50O3/c1-4-7-8-9-10-12-15-19-25(22-27)20-16-13-11-14-17-21-26(28)29-23-24(6-3)18-5-2/h15,19,24-25,27H,4-14,16-18,20-23H2,1-3H3/b19-15+. The van der Waals surface area contributed by atoms with E-state index in [0.717, 1.165) is 51.4 Å². The van der Waals surface area contributed by atoms with E-state index in [1.165, 1.54) is 44.9 Å². The quantitative estimate of drug-likeness (QED) is 0.120. The van der Waals surface area contributed by atoms with Gasteiger partial charge < -0.3 is 9.84 Å². The van der Waals surface area contributed by atoms with Gasteiger partial charge >= 0.3 is 5.97 Å². The number of aliphatic hydroxyl groups is 1. The Morgan fingerprint density at radius 2 is 1.55 bits per heavy atom. The van der Waals surface area contributed by atoms with E-state index in [1.807, 2.05) is 0 Å². The fourth-order valence-electron chi connectivity index (χ4n) is 3.71. The largest absolute Gasteiger partial charge is 0.465 e. The zero-order valence-electron chi connectivity index (χ0n) is 19.8. The van der Waals surface area contributed by atoms with Crippen LogP contribution < -0.4 is 0 Å². The molecular weight excluding hydrogens is 360 g/mol. The van der Waals surface area contributed by atoms with Crippen molar-refractivity contribution in [2.24, 2.45) is 11.8 Å². The van der Waals surface area contributed by atoms with Crippen LogP contribution in [0.1, 0.15) is 124 Å². The summed E-state index contributed by atoms with van der Waals surface area (Å²) in [4.78, 5) is 11.8. The fraction of sp³-hybridized carbons (Fsp3) is 0.885. The second-order valence-corrected chi connectivity index (χ2v) is 8.63. The van der Waals surface area contributed by atoms with Crippen molar-refractivity contribution in [1.82, 2.24) is 0 Å². The molecular formula is C26H50O3. The maximum Gasteiger partial charge on any atom is 0.305 e. The second kappa shape index (κ2) is 21.9. The molecule has 0 heterocycles. The molecule has 0 bridgehead atoms. The molecule has 0 aliphatic heterocycles. The van der Waals surface area contributed by atoms with Gasteiger partial charge in [-0.1, -0.05) is 97.1 Å². The molecule has 0 aromatic heterocycles. The molecule has 0 aromatic rings. The van der Waals surface area contributed by atoms with E-state index in [-0.39, 0.29) is 12.6 Å². The highest BCUT2D eigenvalue weighted by atomic mass is 16.5. The number of aliphatic hydroxyl groups excluding tert-OH is 1. The first-order valence-corrected chi connectivity index (χ1v) is 12.6. The lowest BCUT2D eigenvalue weighted by Gasteiger charge is -2.13. The molecule has 29 heavy (non-hydrogen) atoms. The molecule has 0 aromatic carbocycles. The third-order valence-corrected chi connectivity index (χ3v) is 5.83. The van der Waals surface area contributed by atoms with Crippen molar-refractivity contribution in [1.29, 1.82) is 0 Å².